The van der Waals surface area contributed by atoms with Gasteiger partial charge in [-0.05, 0) is 19.1 Å². The van der Waals surface area contributed by atoms with E-state index >= 15 is 0 Å². The lowest BCUT2D eigenvalue weighted by atomic mass is 9.99. The van der Waals surface area contributed by atoms with Crippen LogP contribution in [0.3, 0.4) is 0 Å². The van der Waals surface area contributed by atoms with E-state index < -0.39 is 55.5 Å². The lowest BCUT2D eigenvalue weighted by Crippen LogP contribution is -2.61. The van der Waals surface area contributed by atoms with E-state index in [1.54, 1.807) is 24.3 Å². The molecule has 11 heteroatoms. The Morgan fingerprint density at radius 3 is 2.14 bits per heavy atom. The minimum absolute atomic E-state index is 0.0434. The van der Waals surface area contributed by atoms with Crippen LogP contribution in [-0.4, -0.2) is 105 Å². The van der Waals surface area contributed by atoms with Crippen LogP contribution in [0.25, 0.3) is 0 Å². The van der Waals surface area contributed by atoms with Crippen LogP contribution in [0.15, 0.2) is 24.3 Å². The van der Waals surface area contributed by atoms with Gasteiger partial charge in [0, 0.05) is 7.11 Å². The second kappa shape index (κ2) is 12.0. The molecule has 1 aromatic carbocycles. The lowest BCUT2D eigenvalue weighted by molar-refractivity contribution is -0.271. The summed E-state index contributed by atoms with van der Waals surface area (Å²) in [5, 5.41) is 63.6. The van der Waals surface area contributed by atoms with E-state index in [4.69, 9.17) is 29.9 Å². The van der Waals surface area contributed by atoms with E-state index in [-0.39, 0.29) is 6.61 Å². The molecule has 7 N–H and O–H groups in total. The van der Waals surface area contributed by atoms with E-state index in [1.807, 2.05) is 6.92 Å². The molecule has 2 rings (SSSR count). The van der Waals surface area contributed by atoms with Crippen LogP contribution >= 0.6 is 0 Å². The van der Waals surface area contributed by atoms with Gasteiger partial charge in [-0.25, -0.2) is 4.79 Å². The first-order valence-corrected chi connectivity index (χ1v) is 8.74. The third kappa shape index (κ3) is 7.49. The number of aliphatic hydroxyl groups is 6. The lowest BCUT2D eigenvalue weighted by Gasteiger charge is -2.38. The molecule has 0 spiro atoms. The van der Waals surface area contributed by atoms with Crippen LogP contribution in [0.4, 0.5) is 0 Å². The Bertz CT molecular complexity index is 608. The van der Waals surface area contributed by atoms with Gasteiger partial charge in [-0.15, -0.1) is 0 Å². The van der Waals surface area contributed by atoms with Gasteiger partial charge in [0.2, 0.25) is 6.29 Å². The van der Waals surface area contributed by atoms with Gasteiger partial charge in [0.15, 0.2) is 6.10 Å². The van der Waals surface area contributed by atoms with Gasteiger partial charge in [0.1, 0.15) is 36.3 Å². The molecule has 1 saturated heterocycles. The summed E-state index contributed by atoms with van der Waals surface area (Å²) in [5.41, 5.74) is 1.00. The number of rotatable bonds is 7. The van der Waals surface area contributed by atoms with Crippen molar-refractivity contribution in [3.05, 3.63) is 29.8 Å². The van der Waals surface area contributed by atoms with Crippen LogP contribution in [0.2, 0.25) is 0 Å². The van der Waals surface area contributed by atoms with E-state index in [0.717, 1.165) is 5.56 Å². The number of aryl methyl sites for hydroxylation is 1. The molecule has 29 heavy (non-hydrogen) atoms. The molecule has 1 aliphatic rings. The molecule has 1 unspecified atom stereocenters. The summed E-state index contributed by atoms with van der Waals surface area (Å²) in [5.74, 6) is -1.09. The third-order valence-corrected chi connectivity index (χ3v) is 4.05. The molecule has 0 radical (unpaired) electrons. The molecule has 166 valence electrons. The minimum atomic E-state index is -1.72. The van der Waals surface area contributed by atoms with Crippen molar-refractivity contribution in [3.8, 4) is 5.75 Å². The zero-order chi connectivity index (χ0) is 22.1. The van der Waals surface area contributed by atoms with Crippen molar-refractivity contribution in [1.29, 1.82) is 0 Å². The Balaban J connectivity index is 0.000000396. The van der Waals surface area contributed by atoms with Crippen LogP contribution in [-0.2, 0) is 14.3 Å². The standard InChI is InChI=1S/C13H16O7.C5H12O4/c1-6-2-4-7(5-3-6)19-13-10(16)8(14)9(15)11(20-13)12(17)18;1-9-3-5(8)4(7)2-6/h2-5,8-11,13-16H,1H3,(H,17,18);4-8H,2-3H2,1H3/t8-,9-,10+,11-,13?;4-,5+/m01/s1. The predicted octanol–water partition coefficient (Wildman–Crippen LogP) is -2.39. The van der Waals surface area contributed by atoms with E-state index in [0.29, 0.717) is 5.75 Å². The second-order valence-electron chi connectivity index (χ2n) is 6.44. The summed E-state index contributed by atoms with van der Waals surface area (Å²) in [6.45, 7) is 1.49. The van der Waals surface area contributed by atoms with Crippen LogP contribution < -0.4 is 4.74 Å². The average molecular weight is 420 g/mol. The second-order valence-corrected chi connectivity index (χ2v) is 6.44. The van der Waals surface area contributed by atoms with E-state index in [9.17, 15) is 20.1 Å². The number of carbonyl (C=O) groups is 1. The molecule has 11 nitrogen and oxygen atoms in total. The zero-order valence-corrected chi connectivity index (χ0v) is 16.0. The molecule has 1 aromatic rings. The monoisotopic (exact) mass is 420 g/mol. The van der Waals surface area contributed by atoms with Gasteiger partial charge < -0.3 is 50.0 Å². The summed E-state index contributed by atoms with van der Waals surface area (Å²) in [4.78, 5) is 10.9. The third-order valence-electron chi connectivity index (χ3n) is 4.05. The van der Waals surface area contributed by atoms with Crippen molar-refractivity contribution >= 4 is 5.97 Å². The van der Waals surface area contributed by atoms with Crippen LogP contribution in [0, 0.1) is 6.92 Å². The fourth-order valence-electron chi connectivity index (χ4n) is 2.30. The minimum Gasteiger partial charge on any atom is -0.479 e. The highest BCUT2D eigenvalue weighted by Gasteiger charge is 2.48. The number of carboxylic acid groups (broad SMARTS) is 1. The molecule has 1 heterocycles. The zero-order valence-electron chi connectivity index (χ0n) is 16.0. The highest BCUT2D eigenvalue weighted by Crippen LogP contribution is 2.24. The number of aliphatic hydroxyl groups excluding tert-OH is 6. The van der Waals surface area contributed by atoms with Crippen molar-refractivity contribution in [1.82, 2.24) is 0 Å². The molecule has 0 aliphatic carbocycles. The molecule has 0 saturated carbocycles. The van der Waals surface area contributed by atoms with Crippen molar-refractivity contribution < 1.29 is 54.8 Å². The first-order chi connectivity index (χ1) is 13.6. The van der Waals surface area contributed by atoms with Crippen LogP contribution in [0.5, 0.6) is 5.75 Å². The molecule has 7 atom stereocenters. The quantitative estimate of drug-likeness (QED) is 0.249. The van der Waals surface area contributed by atoms with Gasteiger partial charge in [-0.2, -0.15) is 0 Å². The summed E-state index contributed by atoms with van der Waals surface area (Å²) in [6, 6.07) is 6.78. The molecule has 1 fully saturated rings. The summed E-state index contributed by atoms with van der Waals surface area (Å²) in [6.07, 6.45) is -10.1. The Morgan fingerprint density at radius 1 is 1.07 bits per heavy atom. The van der Waals surface area contributed by atoms with Gasteiger partial charge in [-0.1, -0.05) is 17.7 Å². The normalized spacial score (nSPS) is 28.6. The molecular formula is C18H28O11. The summed E-state index contributed by atoms with van der Waals surface area (Å²) < 4.78 is 14.8. The van der Waals surface area contributed by atoms with Gasteiger partial charge in [0.05, 0.1) is 13.2 Å². The van der Waals surface area contributed by atoms with Gasteiger partial charge in [-0.3, -0.25) is 0 Å². The number of ether oxygens (including phenoxy) is 3. The average Bonchev–Trinajstić information content (AvgIpc) is 2.69. The fourth-order valence-corrected chi connectivity index (χ4v) is 2.30. The number of hydrogen-bond acceptors (Lipinski definition) is 10. The number of hydrogen-bond donors (Lipinski definition) is 7. The Kier molecular flexibility index (Phi) is 10.4. The Morgan fingerprint density at radius 2 is 1.66 bits per heavy atom. The van der Waals surface area contributed by atoms with Crippen molar-refractivity contribution in [2.24, 2.45) is 0 Å². The molecule has 1 aliphatic heterocycles. The van der Waals surface area contributed by atoms with E-state index in [2.05, 4.69) is 4.74 Å². The smallest absolute Gasteiger partial charge is 0.335 e. The highest BCUT2D eigenvalue weighted by molar-refractivity contribution is 5.73. The summed E-state index contributed by atoms with van der Waals surface area (Å²) >= 11 is 0. The Labute approximate surface area is 167 Å². The molecule has 0 aromatic heterocycles. The maximum absolute atomic E-state index is 10.9. The van der Waals surface area contributed by atoms with E-state index in [1.165, 1.54) is 7.11 Å². The van der Waals surface area contributed by atoms with Gasteiger partial charge >= 0.3 is 5.97 Å². The SMILES string of the molecule is COC[C@H](O)[C@H](O)CO.Cc1ccc(OC2O[C@H](C(=O)O)[C@@H](O)[C@H](O)[C@H]2O)cc1. The van der Waals surface area contributed by atoms with Crippen molar-refractivity contribution in [3.63, 3.8) is 0 Å². The Hall–Kier alpha value is -1.83. The summed E-state index contributed by atoms with van der Waals surface area (Å²) in [7, 11) is 1.41. The maximum Gasteiger partial charge on any atom is 0.335 e. The topological polar surface area (TPSA) is 186 Å². The number of aliphatic carboxylic acids is 1. The number of carboxylic acids is 1. The predicted molar refractivity (Wildman–Crippen MR) is 97.1 cm³/mol. The van der Waals surface area contributed by atoms with Gasteiger partial charge in [0.25, 0.3) is 0 Å². The molecule has 0 bridgehead atoms. The first-order valence-electron chi connectivity index (χ1n) is 8.74. The highest BCUT2D eigenvalue weighted by atomic mass is 16.7. The van der Waals surface area contributed by atoms with Crippen molar-refractivity contribution in [2.45, 2.75) is 49.8 Å². The maximum atomic E-state index is 10.9. The first kappa shape index (κ1) is 25.2. The van der Waals surface area contributed by atoms with Crippen molar-refractivity contribution in [2.75, 3.05) is 20.3 Å². The molecular weight excluding hydrogens is 392 g/mol. The fraction of sp³-hybridized carbons (Fsp3) is 0.611. The van der Waals surface area contributed by atoms with Crippen LogP contribution in [0.1, 0.15) is 5.56 Å². The largest absolute Gasteiger partial charge is 0.479 e. The molecule has 0 amide bonds. The number of benzene rings is 1. The number of methoxy groups -OCH3 is 1.